The number of ether oxygens (including phenoxy) is 3. The molecular weight excluding hydrogens is 622 g/mol. The van der Waals surface area contributed by atoms with Crippen molar-refractivity contribution in [3.63, 3.8) is 0 Å². The maximum Gasteiger partial charge on any atom is 0.408 e. The van der Waals surface area contributed by atoms with E-state index in [-0.39, 0.29) is 37.8 Å². The molecule has 244 valence electrons. The Morgan fingerprint density at radius 2 is 1.72 bits per heavy atom. The molecule has 2 saturated heterocycles. The number of imide groups is 1. The fraction of sp³-hybridized carbons (Fsp3) is 0.324. The molecule has 5 unspecified atom stereocenters. The molecule has 0 aliphatic carbocycles. The first-order chi connectivity index (χ1) is 22.8. The molecule has 3 aromatic carbocycles. The summed E-state index contributed by atoms with van der Waals surface area (Å²) in [4.78, 5) is 39.5. The highest BCUT2D eigenvalue weighted by Gasteiger charge is 2.42. The lowest BCUT2D eigenvalue weighted by Crippen LogP contribution is -2.42. The number of rotatable bonds is 10. The van der Waals surface area contributed by atoms with Crippen LogP contribution in [0.2, 0.25) is 0 Å². The van der Waals surface area contributed by atoms with E-state index >= 15 is 0 Å². The highest BCUT2D eigenvalue weighted by molar-refractivity contribution is 7.99. The average Bonchev–Trinajstić information content (AvgIpc) is 3.63. The van der Waals surface area contributed by atoms with E-state index in [1.54, 1.807) is 42.4 Å². The van der Waals surface area contributed by atoms with Crippen LogP contribution in [0.1, 0.15) is 48.0 Å². The predicted octanol–water partition coefficient (Wildman–Crippen LogP) is 4.45. The first kappa shape index (κ1) is 32.4. The van der Waals surface area contributed by atoms with Crippen LogP contribution in [0.15, 0.2) is 90.3 Å². The van der Waals surface area contributed by atoms with Gasteiger partial charge in [-0.1, -0.05) is 85.4 Å². The van der Waals surface area contributed by atoms with Crippen LogP contribution in [0, 0.1) is 5.92 Å². The van der Waals surface area contributed by atoms with Crippen LogP contribution in [0.5, 0.6) is 0 Å². The van der Waals surface area contributed by atoms with E-state index < -0.39 is 30.2 Å². The molecule has 6 rings (SSSR count). The van der Waals surface area contributed by atoms with E-state index in [9.17, 15) is 19.5 Å². The summed E-state index contributed by atoms with van der Waals surface area (Å²) < 4.78 is 20.1. The van der Waals surface area contributed by atoms with Gasteiger partial charge in [0.15, 0.2) is 11.4 Å². The molecule has 2 aliphatic rings. The molecule has 47 heavy (non-hydrogen) atoms. The highest BCUT2D eigenvalue weighted by atomic mass is 32.2. The Bertz CT molecular complexity index is 1700. The van der Waals surface area contributed by atoms with Crippen molar-refractivity contribution >= 4 is 35.4 Å². The number of thioether (sulfide) groups is 1. The van der Waals surface area contributed by atoms with Gasteiger partial charge in [0.25, 0.3) is 5.91 Å². The number of hydrogen-bond donors (Lipinski definition) is 2. The number of carbonyl (C=O) groups excluding carboxylic acids is 3. The van der Waals surface area contributed by atoms with Crippen LogP contribution in [-0.2, 0) is 44.1 Å². The molecule has 12 nitrogen and oxygen atoms in total. The Hall–Kier alpha value is -4.56. The van der Waals surface area contributed by atoms with Gasteiger partial charge < -0.3 is 29.2 Å². The second kappa shape index (κ2) is 14.5. The third kappa shape index (κ3) is 7.38. The molecule has 0 saturated carbocycles. The Balaban J connectivity index is 1.14. The zero-order chi connectivity index (χ0) is 32.9. The molecule has 0 bridgehead atoms. The standard InChI is InChI=1S/C34H35N5O7S/c1-21-28(19-47-33-37-35-20-38(33)2)45-32(46-30(21)24-10-8-22(17-40)9-11-24)25-12-14-26(15-13-25)39-29(41)16-27(31(39)42)36-34(43)44-18-23-6-4-3-5-7-23/h3-15,20-21,27-28,30,32,40H,16-19H2,1-2H3,(H,36,43). The number of amides is 3. The first-order valence-electron chi connectivity index (χ1n) is 15.2. The van der Waals surface area contributed by atoms with Gasteiger partial charge in [-0.25, -0.2) is 9.69 Å². The third-order valence-electron chi connectivity index (χ3n) is 8.24. The third-order valence-corrected chi connectivity index (χ3v) is 9.37. The topological polar surface area (TPSA) is 145 Å². The summed E-state index contributed by atoms with van der Waals surface area (Å²) in [6, 6.07) is 22.7. The van der Waals surface area contributed by atoms with Crippen LogP contribution in [0.4, 0.5) is 10.5 Å². The van der Waals surface area contributed by atoms with Crippen molar-refractivity contribution in [3.8, 4) is 0 Å². The van der Waals surface area contributed by atoms with E-state index in [1.165, 1.54) is 0 Å². The minimum Gasteiger partial charge on any atom is -0.445 e. The number of nitrogens with zero attached hydrogens (tertiary/aromatic N) is 4. The van der Waals surface area contributed by atoms with Gasteiger partial charge in [0, 0.05) is 24.3 Å². The summed E-state index contributed by atoms with van der Waals surface area (Å²) in [6.07, 6.45) is -0.542. The lowest BCUT2D eigenvalue weighted by atomic mass is 9.91. The molecule has 0 radical (unpaired) electrons. The van der Waals surface area contributed by atoms with Crippen molar-refractivity contribution in [1.29, 1.82) is 0 Å². The minimum atomic E-state index is -1.03. The average molecular weight is 658 g/mol. The number of anilines is 1. The monoisotopic (exact) mass is 657 g/mol. The number of alkyl carbamates (subject to hydrolysis) is 1. The van der Waals surface area contributed by atoms with E-state index in [0.717, 1.165) is 26.7 Å². The fourth-order valence-corrected chi connectivity index (χ4v) is 6.62. The summed E-state index contributed by atoms with van der Waals surface area (Å²) in [5, 5.41) is 20.9. The van der Waals surface area contributed by atoms with Gasteiger partial charge in [-0.05, 0) is 28.8 Å². The predicted molar refractivity (Wildman–Crippen MR) is 172 cm³/mol. The summed E-state index contributed by atoms with van der Waals surface area (Å²) in [7, 11) is 1.89. The molecule has 3 heterocycles. The summed E-state index contributed by atoms with van der Waals surface area (Å²) in [5.74, 6) is -0.376. The van der Waals surface area contributed by atoms with Crippen LogP contribution < -0.4 is 10.2 Å². The highest BCUT2D eigenvalue weighted by Crippen LogP contribution is 2.43. The summed E-state index contributed by atoms with van der Waals surface area (Å²) in [6.45, 7) is 2.08. The van der Waals surface area contributed by atoms with E-state index in [2.05, 4.69) is 22.4 Å². The molecule has 2 fully saturated rings. The quantitative estimate of drug-likeness (QED) is 0.185. The molecule has 5 atom stereocenters. The van der Waals surface area contributed by atoms with E-state index in [4.69, 9.17) is 14.2 Å². The van der Waals surface area contributed by atoms with Gasteiger partial charge in [-0.2, -0.15) is 0 Å². The number of aromatic nitrogens is 3. The lowest BCUT2D eigenvalue weighted by molar-refractivity contribution is -0.268. The van der Waals surface area contributed by atoms with Crippen LogP contribution >= 0.6 is 11.8 Å². The van der Waals surface area contributed by atoms with Crippen molar-refractivity contribution < 1.29 is 33.7 Å². The fourth-order valence-electron chi connectivity index (χ4n) is 5.57. The number of aryl methyl sites for hydroxylation is 1. The van der Waals surface area contributed by atoms with Gasteiger partial charge in [0.05, 0.1) is 30.9 Å². The Labute approximate surface area is 276 Å². The number of aliphatic hydroxyl groups is 1. The van der Waals surface area contributed by atoms with Crippen molar-refractivity contribution in [2.75, 3.05) is 10.7 Å². The zero-order valence-corrected chi connectivity index (χ0v) is 26.7. The van der Waals surface area contributed by atoms with Gasteiger partial charge in [-0.3, -0.25) is 9.59 Å². The number of nitrogens with one attached hydrogen (secondary N) is 1. The largest absolute Gasteiger partial charge is 0.445 e. The smallest absolute Gasteiger partial charge is 0.408 e. The molecule has 4 aromatic rings. The Morgan fingerprint density at radius 1 is 1.00 bits per heavy atom. The molecular formula is C34H35N5O7S. The van der Waals surface area contributed by atoms with Gasteiger partial charge in [0.2, 0.25) is 5.91 Å². The molecule has 0 spiro atoms. The van der Waals surface area contributed by atoms with Crippen molar-refractivity contribution in [2.24, 2.45) is 13.0 Å². The second-order valence-electron chi connectivity index (χ2n) is 11.5. The Kier molecular flexibility index (Phi) is 9.97. The lowest BCUT2D eigenvalue weighted by Gasteiger charge is -2.41. The van der Waals surface area contributed by atoms with E-state index in [0.29, 0.717) is 17.0 Å². The second-order valence-corrected chi connectivity index (χ2v) is 12.5. The van der Waals surface area contributed by atoms with Crippen molar-refractivity contribution in [1.82, 2.24) is 20.1 Å². The van der Waals surface area contributed by atoms with E-state index in [1.807, 2.05) is 66.2 Å². The molecule has 13 heteroatoms. The maximum absolute atomic E-state index is 13.2. The summed E-state index contributed by atoms with van der Waals surface area (Å²) >= 11 is 1.55. The first-order valence-corrected chi connectivity index (χ1v) is 16.2. The van der Waals surface area contributed by atoms with Gasteiger partial charge in [0.1, 0.15) is 19.0 Å². The molecule has 2 aliphatic heterocycles. The van der Waals surface area contributed by atoms with Crippen molar-refractivity contribution in [3.05, 3.63) is 107 Å². The number of carbonyl (C=O) groups is 3. The minimum absolute atomic E-state index is 0.0186. The number of aliphatic hydroxyl groups excluding tert-OH is 1. The van der Waals surface area contributed by atoms with Crippen LogP contribution in [-0.4, -0.2) is 55.7 Å². The zero-order valence-electron chi connectivity index (χ0n) is 25.9. The normalized spacial score (nSPS) is 22.8. The van der Waals surface area contributed by atoms with Gasteiger partial charge >= 0.3 is 6.09 Å². The maximum atomic E-state index is 13.2. The summed E-state index contributed by atoms with van der Waals surface area (Å²) in [5.41, 5.74) is 3.66. The van der Waals surface area contributed by atoms with Crippen molar-refractivity contribution in [2.45, 2.75) is 56.3 Å². The SMILES string of the molecule is CC1C(CSc2nncn2C)OC(c2ccc(N3C(=O)CC(NC(=O)OCc4ccccc4)C3=O)cc2)OC1c1ccc(CO)cc1. The Morgan fingerprint density at radius 3 is 2.40 bits per heavy atom. The number of hydrogen-bond acceptors (Lipinski definition) is 10. The number of benzene rings is 3. The molecule has 3 amide bonds. The van der Waals surface area contributed by atoms with Crippen LogP contribution in [0.3, 0.4) is 0 Å². The van der Waals surface area contributed by atoms with Gasteiger partial charge in [-0.15, -0.1) is 10.2 Å². The van der Waals surface area contributed by atoms with Crippen LogP contribution in [0.25, 0.3) is 0 Å². The molecule has 2 N–H and O–H groups in total. The molecule has 1 aromatic heterocycles.